The predicted octanol–water partition coefficient (Wildman–Crippen LogP) is 6.56. The molecular weight excluding hydrogens is 805 g/mol. The fourth-order valence-corrected chi connectivity index (χ4v) is 7.78. The molecule has 348 valence electrons. The van der Waals surface area contributed by atoms with Gasteiger partial charge < -0.3 is 63.1 Å². The van der Waals surface area contributed by atoms with E-state index in [2.05, 4.69) is 54.3 Å². The van der Waals surface area contributed by atoms with Gasteiger partial charge in [-0.05, 0) is 85.9 Å². The van der Waals surface area contributed by atoms with Crippen LogP contribution in [0.4, 0.5) is 10.6 Å². The number of anilines is 1. The lowest BCUT2D eigenvalue weighted by atomic mass is 9.95. The topological polar surface area (TPSA) is 169 Å². The number of aromatic amines is 1. The number of pyridine rings is 1. The summed E-state index contributed by atoms with van der Waals surface area (Å²) in [6.45, 7) is 25.8. The monoisotopic (exact) mass is 881 g/mol. The van der Waals surface area contributed by atoms with Gasteiger partial charge in [0, 0.05) is 29.9 Å². The lowest BCUT2D eigenvalue weighted by Crippen LogP contribution is -2.35. The van der Waals surface area contributed by atoms with Crippen molar-refractivity contribution >= 4 is 44.5 Å². The summed E-state index contributed by atoms with van der Waals surface area (Å²) in [6.07, 6.45) is 5.06. The van der Waals surface area contributed by atoms with Gasteiger partial charge in [-0.1, -0.05) is 13.3 Å². The molecule has 4 rings (SSSR count). The number of aryl methyl sites for hydroxylation is 1. The summed E-state index contributed by atoms with van der Waals surface area (Å²) in [6, 6.07) is 2.32. The second kappa shape index (κ2) is 28.2. The zero-order valence-electron chi connectivity index (χ0n) is 38.2. The molecule has 3 aromatic heterocycles. The Morgan fingerprint density at radius 2 is 1.26 bits per heavy atom. The first kappa shape index (κ1) is 50.9. The summed E-state index contributed by atoms with van der Waals surface area (Å²) in [7, 11) is 0. The molecule has 1 aliphatic heterocycles. The van der Waals surface area contributed by atoms with Crippen LogP contribution in [0.3, 0.4) is 0 Å². The van der Waals surface area contributed by atoms with Gasteiger partial charge >= 0.3 is 6.09 Å². The van der Waals surface area contributed by atoms with Crippen LogP contribution in [-0.2, 0) is 49.1 Å². The molecule has 17 heteroatoms. The van der Waals surface area contributed by atoms with E-state index in [4.69, 9.17) is 52.6 Å². The minimum atomic E-state index is -0.513. The van der Waals surface area contributed by atoms with Gasteiger partial charge in [-0.3, -0.25) is 0 Å². The Bertz CT molecular complexity index is 1640. The lowest BCUT2D eigenvalue weighted by Gasteiger charge is -2.31. The molecule has 1 amide bonds. The van der Waals surface area contributed by atoms with E-state index in [-0.39, 0.29) is 5.54 Å². The fraction of sp³-hybridized carbons (Fsp3) is 0.795. The molecule has 0 saturated carbocycles. The minimum Gasteiger partial charge on any atom is -0.444 e. The highest BCUT2D eigenvalue weighted by Gasteiger charge is 2.25. The molecule has 16 nitrogen and oxygen atoms in total. The molecule has 0 radical (unpaired) electrons. The first-order valence-electron chi connectivity index (χ1n) is 22.3. The Morgan fingerprint density at radius 1 is 0.754 bits per heavy atom. The number of hydrogen-bond donors (Lipinski definition) is 3. The molecule has 0 bridgehead atoms. The highest BCUT2D eigenvalue weighted by molar-refractivity contribution is 7.20. The maximum absolute atomic E-state index is 11.5. The van der Waals surface area contributed by atoms with Crippen LogP contribution < -0.4 is 10.6 Å². The van der Waals surface area contributed by atoms with E-state index in [1.54, 1.807) is 0 Å². The summed E-state index contributed by atoms with van der Waals surface area (Å²) in [5.41, 5.74) is 2.52. The summed E-state index contributed by atoms with van der Waals surface area (Å²) >= 11 is 1.89. The van der Waals surface area contributed by atoms with Gasteiger partial charge in [0.2, 0.25) is 0 Å². The van der Waals surface area contributed by atoms with Crippen molar-refractivity contribution in [1.82, 2.24) is 25.2 Å². The Morgan fingerprint density at radius 3 is 1.75 bits per heavy atom. The minimum absolute atomic E-state index is 0.105. The molecule has 4 heterocycles. The molecule has 0 aromatic carbocycles. The highest BCUT2D eigenvalue weighted by Crippen LogP contribution is 2.40. The molecule has 1 fully saturated rings. The van der Waals surface area contributed by atoms with Gasteiger partial charge in [0.05, 0.1) is 121 Å². The van der Waals surface area contributed by atoms with Gasteiger partial charge in [-0.2, -0.15) is 0 Å². The van der Waals surface area contributed by atoms with Gasteiger partial charge in [-0.25, -0.2) is 14.8 Å². The first-order chi connectivity index (χ1) is 29.4. The number of alkyl carbamates (subject to hydrolysis) is 1. The van der Waals surface area contributed by atoms with Crippen LogP contribution in [0.15, 0.2) is 6.07 Å². The Labute approximate surface area is 367 Å². The second-order valence-corrected chi connectivity index (χ2v) is 18.2. The molecule has 1 aliphatic rings. The van der Waals surface area contributed by atoms with Gasteiger partial charge in [0.25, 0.3) is 0 Å². The number of hydrogen-bond acceptors (Lipinski definition) is 15. The van der Waals surface area contributed by atoms with Crippen molar-refractivity contribution in [2.24, 2.45) is 0 Å². The van der Waals surface area contributed by atoms with Crippen molar-refractivity contribution in [3.05, 3.63) is 16.8 Å². The normalized spacial score (nSPS) is 14.4. The van der Waals surface area contributed by atoms with Crippen LogP contribution >= 0.6 is 11.3 Å². The van der Waals surface area contributed by atoms with Crippen molar-refractivity contribution in [2.45, 2.75) is 97.6 Å². The van der Waals surface area contributed by atoms with Crippen molar-refractivity contribution in [1.29, 1.82) is 0 Å². The van der Waals surface area contributed by atoms with Crippen LogP contribution in [0.25, 0.3) is 21.3 Å². The van der Waals surface area contributed by atoms with Crippen LogP contribution in [0.2, 0.25) is 0 Å². The Kier molecular flexibility index (Phi) is 23.5. The summed E-state index contributed by atoms with van der Waals surface area (Å²) < 4.78 is 51.0. The third-order valence-electron chi connectivity index (χ3n) is 9.49. The number of nitrogens with one attached hydrogen (secondary N) is 3. The van der Waals surface area contributed by atoms with Gasteiger partial charge in [-0.15, -0.1) is 11.3 Å². The Balaban J connectivity index is 0.903. The van der Waals surface area contributed by atoms with Gasteiger partial charge in [0.15, 0.2) is 5.82 Å². The van der Waals surface area contributed by atoms with E-state index in [9.17, 15) is 4.79 Å². The maximum atomic E-state index is 11.5. The van der Waals surface area contributed by atoms with E-state index in [1.165, 1.54) is 9.58 Å². The van der Waals surface area contributed by atoms with Crippen LogP contribution in [0.5, 0.6) is 0 Å². The van der Waals surface area contributed by atoms with E-state index in [1.807, 2.05) is 32.1 Å². The quantitative estimate of drug-likeness (QED) is 0.0577. The predicted molar refractivity (Wildman–Crippen MR) is 240 cm³/mol. The molecule has 0 unspecified atom stereocenters. The van der Waals surface area contributed by atoms with E-state index in [0.29, 0.717) is 118 Å². The summed E-state index contributed by atoms with van der Waals surface area (Å²) in [5.74, 6) is 2.47. The molecule has 0 spiro atoms. The van der Waals surface area contributed by atoms with Crippen LogP contribution in [0.1, 0.15) is 90.8 Å². The van der Waals surface area contributed by atoms with E-state index >= 15 is 0 Å². The number of piperidine rings is 1. The van der Waals surface area contributed by atoms with E-state index < -0.39 is 11.7 Å². The largest absolute Gasteiger partial charge is 0.444 e. The number of carbonyl (C=O) groups excluding carboxylic acids is 1. The molecule has 0 atom stereocenters. The third kappa shape index (κ3) is 21.0. The molecule has 3 aromatic rings. The number of aromatic nitrogens is 3. The number of nitrogens with zero attached hydrogens (tertiary/aromatic N) is 3. The number of carbonyl (C=O) groups is 1. The average Bonchev–Trinajstić information content (AvgIpc) is 3.84. The lowest BCUT2D eigenvalue weighted by molar-refractivity contribution is -0.0235. The van der Waals surface area contributed by atoms with Crippen LogP contribution in [0, 0.1) is 0 Å². The number of ether oxygens (including phenoxy) is 9. The number of H-pyrrole nitrogens is 1. The molecule has 1 saturated heterocycles. The molecule has 0 aliphatic carbocycles. The number of fused-ring (bicyclic) bond motifs is 3. The summed E-state index contributed by atoms with van der Waals surface area (Å²) in [5, 5.41) is 6.25. The number of likely N-dealkylation sites (tertiary alicyclic amines) is 1. The van der Waals surface area contributed by atoms with Crippen molar-refractivity contribution in [2.75, 3.05) is 137 Å². The highest BCUT2D eigenvalue weighted by atomic mass is 32.1. The number of thiophene rings is 1. The van der Waals surface area contributed by atoms with Crippen molar-refractivity contribution < 1.29 is 47.4 Å². The molecular formula is C44H76N6O10S. The van der Waals surface area contributed by atoms with Crippen LogP contribution in [-0.4, -0.2) is 169 Å². The fourth-order valence-electron chi connectivity index (χ4n) is 6.52. The second-order valence-electron chi connectivity index (χ2n) is 17.2. The van der Waals surface area contributed by atoms with E-state index in [0.717, 1.165) is 79.9 Å². The third-order valence-corrected chi connectivity index (χ3v) is 10.8. The zero-order chi connectivity index (χ0) is 43.8. The van der Waals surface area contributed by atoms with Crippen molar-refractivity contribution in [3.8, 4) is 0 Å². The maximum Gasteiger partial charge on any atom is 0.407 e. The number of rotatable bonds is 32. The smallest absolute Gasteiger partial charge is 0.407 e. The standard InChI is InChI=1S/C44H76N6O10S/c1-8-9-10-37-47-38-39(48-37)41(49-43(2,3)4)46-35-33-36(61-40(35)38)34-11-14-50(15-12-34)16-18-53-20-22-55-24-26-57-28-30-59-32-31-58-29-27-56-25-23-54-21-19-52-17-13-45-42(51)60-44(5,6)7/h33-34H,8-32H2,1-7H3,(H,45,51)(H,46,49)(H,47,48). The van der Waals surface area contributed by atoms with Crippen molar-refractivity contribution in [3.63, 3.8) is 0 Å². The number of unbranched alkanes of at least 4 members (excludes halogenated alkanes) is 1. The summed E-state index contributed by atoms with van der Waals surface area (Å²) in [4.78, 5) is 29.2. The van der Waals surface area contributed by atoms with Gasteiger partial charge in [0.1, 0.15) is 16.9 Å². The SMILES string of the molecule is CCCCc1nc2c(NC(C)(C)C)nc3cc(C4CCN(CCOCCOCCOCCOCCOCCOCCOCCOCCNC(=O)OC(C)(C)C)CC4)sc3c2[nH]1. The first-order valence-corrected chi connectivity index (χ1v) is 23.1. The Hall–Kier alpha value is -2.71. The zero-order valence-corrected chi connectivity index (χ0v) is 39.0. The number of amides is 1. The molecule has 3 N–H and O–H groups in total. The average molecular weight is 881 g/mol. The number of imidazole rings is 1. The molecule has 61 heavy (non-hydrogen) atoms.